The second-order valence-electron chi connectivity index (χ2n) is 4.71. The first-order valence-electron chi connectivity index (χ1n) is 6.33. The van der Waals surface area contributed by atoms with E-state index in [9.17, 15) is 0 Å². The van der Waals surface area contributed by atoms with Gasteiger partial charge in [0.2, 0.25) is 5.89 Å². The maximum atomic E-state index is 5.66. The number of oxazole rings is 1. The molecule has 0 atom stereocenters. The van der Waals surface area contributed by atoms with E-state index in [1.165, 1.54) is 16.7 Å². The van der Waals surface area contributed by atoms with Gasteiger partial charge in [0.1, 0.15) is 5.52 Å². The molecule has 0 saturated carbocycles. The summed E-state index contributed by atoms with van der Waals surface area (Å²) in [6.07, 6.45) is 3.97. The molecule has 94 valence electrons. The molecule has 2 heteroatoms. The van der Waals surface area contributed by atoms with Crippen molar-refractivity contribution in [3.63, 3.8) is 0 Å². The van der Waals surface area contributed by atoms with E-state index in [1.54, 1.807) is 0 Å². The molecule has 0 spiro atoms. The Labute approximate surface area is 112 Å². The van der Waals surface area contributed by atoms with Gasteiger partial charge in [-0.1, -0.05) is 35.9 Å². The lowest BCUT2D eigenvalue weighted by atomic mass is 10.1. The second-order valence-corrected chi connectivity index (χ2v) is 4.71. The minimum atomic E-state index is 0.641. The minimum absolute atomic E-state index is 0.641. The molecule has 0 saturated heterocycles. The largest absolute Gasteiger partial charge is 0.437 e. The monoisotopic (exact) mass is 249 g/mol. The Bertz CT molecular complexity index is 720. The SMILES string of the molecule is Cc1ccc(C)c(C=Cc2nc3ccccc3o2)c1. The van der Waals surface area contributed by atoms with Gasteiger partial charge in [0.15, 0.2) is 5.58 Å². The predicted molar refractivity (Wildman–Crippen MR) is 78.9 cm³/mol. The fourth-order valence-corrected chi connectivity index (χ4v) is 2.06. The van der Waals surface area contributed by atoms with Crippen molar-refractivity contribution in [1.29, 1.82) is 0 Å². The van der Waals surface area contributed by atoms with Gasteiger partial charge in [0.05, 0.1) is 0 Å². The number of para-hydroxylation sites is 2. The van der Waals surface area contributed by atoms with E-state index in [0.29, 0.717) is 5.89 Å². The average Bonchev–Trinajstić information content (AvgIpc) is 2.82. The van der Waals surface area contributed by atoms with Crippen molar-refractivity contribution < 1.29 is 4.42 Å². The molecule has 0 aliphatic rings. The average molecular weight is 249 g/mol. The van der Waals surface area contributed by atoms with Crippen molar-refractivity contribution in [2.24, 2.45) is 0 Å². The van der Waals surface area contributed by atoms with Gasteiger partial charge in [0, 0.05) is 6.08 Å². The quantitative estimate of drug-likeness (QED) is 0.662. The van der Waals surface area contributed by atoms with Gasteiger partial charge in [-0.3, -0.25) is 0 Å². The molecular weight excluding hydrogens is 234 g/mol. The van der Waals surface area contributed by atoms with Crippen LogP contribution >= 0.6 is 0 Å². The number of hydrogen-bond donors (Lipinski definition) is 0. The van der Waals surface area contributed by atoms with Crippen molar-refractivity contribution in [2.45, 2.75) is 13.8 Å². The molecule has 2 nitrogen and oxygen atoms in total. The van der Waals surface area contributed by atoms with Crippen molar-refractivity contribution in [3.05, 3.63) is 65.0 Å². The summed E-state index contributed by atoms with van der Waals surface area (Å²) in [6, 6.07) is 14.2. The van der Waals surface area contributed by atoms with Gasteiger partial charge >= 0.3 is 0 Å². The summed E-state index contributed by atoms with van der Waals surface area (Å²) < 4.78 is 5.66. The highest BCUT2D eigenvalue weighted by Gasteiger charge is 2.01. The minimum Gasteiger partial charge on any atom is -0.437 e. The van der Waals surface area contributed by atoms with Gasteiger partial charge < -0.3 is 4.42 Å². The highest BCUT2D eigenvalue weighted by molar-refractivity contribution is 5.76. The van der Waals surface area contributed by atoms with Crippen LogP contribution in [-0.4, -0.2) is 4.98 Å². The number of fused-ring (bicyclic) bond motifs is 1. The third-order valence-corrected chi connectivity index (χ3v) is 3.15. The molecule has 2 aromatic carbocycles. The number of benzene rings is 2. The van der Waals surface area contributed by atoms with Crippen LogP contribution in [0.25, 0.3) is 23.3 Å². The molecule has 1 heterocycles. The van der Waals surface area contributed by atoms with Crippen LogP contribution in [0.4, 0.5) is 0 Å². The summed E-state index contributed by atoms with van der Waals surface area (Å²) in [5, 5.41) is 0. The molecule has 0 unspecified atom stereocenters. The maximum Gasteiger partial charge on any atom is 0.220 e. The van der Waals surface area contributed by atoms with Gasteiger partial charge in [-0.05, 0) is 43.2 Å². The van der Waals surface area contributed by atoms with Crippen LogP contribution < -0.4 is 0 Å². The first-order chi connectivity index (χ1) is 9.22. The van der Waals surface area contributed by atoms with E-state index >= 15 is 0 Å². The molecule has 3 rings (SSSR count). The molecule has 19 heavy (non-hydrogen) atoms. The number of aromatic nitrogens is 1. The summed E-state index contributed by atoms with van der Waals surface area (Å²) in [5.74, 6) is 0.641. The van der Waals surface area contributed by atoms with E-state index in [2.05, 4.69) is 37.0 Å². The predicted octanol–water partition coefficient (Wildman–Crippen LogP) is 4.62. The van der Waals surface area contributed by atoms with Crippen molar-refractivity contribution in [3.8, 4) is 0 Å². The van der Waals surface area contributed by atoms with E-state index in [0.717, 1.165) is 11.1 Å². The van der Waals surface area contributed by atoms with Crippen LogP contribution in [0.5, 0.6) is 0 Å². The number of nitrogens with zero attached hydrogens (tertiary/aromatic N) is 1. The molecule has 0 fully saturated rings. The Morgan fingerprint density at radius 1 is 1.00 bits per heavy atom. The first-order valence-corrected chi connectivity index (χ1v) is 6.33. The van der Waals surface area contributed by atoms with Crippen molar-refractivity contribution >= 4 is 23.3 Å². The number of aryl methyl sites for hydroxylation is 2. The topological polar surface area (TPSA) is 26.0 Å². The third-order valence-electron chi connectivity index (χ3n) is 3.15. The van der Waals surface area contributed by atoms with Crippen LogP contribution in [0.1, 0.15) is 22.6 Å². The zero-order valence-corrected chi connectivity index (χ0v) is 11.1. The molecule has 0 bridgehead atoms. The molecule has 0 aliphatic carbocycles. The first kappa shape index (κ1) is 11.7. The Morgan fingerprint density at radius 2 is 1.84 bits per heavy atom. The Hall–Kier alpha value is -2.35. The Balaban J connectivity index is 1.95. The van der Waals surface area contributed by atoms with Crippen LogP contribution in [0.15, 0.2) is 46.9 Å². The van der Waals surface area contributed by atoms with Gasteiger partial charge in [0.25, 0.3) is 0 Å². The summed E-state index contributed by atoms with van der Waals surface area (Å²) >= 11 is 0. The zero-order chi connectivity index (χ0) is 13.2. The lowest BCUT2D eigenvalue weighted by Gasteiger charge is -2.00. The molecule has 0 amide bonds. The van der Waals surface area contributed by atoms with E-state index in [4.69, 9.17) is 4.42 Å². The fraction of sp³-hybridized carbons (Fsp3) is 0.118. The van der Waals surface area contributed by atoms with E-state index < -0.39 is 0 Å². The number of rotatable bonds is 2. The summed E-state index contributed by atoms with van der Waals surface area (Å²) in [5.41, 5.74) is 5.41. The van der Waals surface area contributed by atoms with Gasteiger partial charge in [-0.2, -0.15) is 0 Å². The summed E-state index contributed by atoms with van der Waals surface area (Å²) in [4.78, 5) is 4.43. The molecule has 0 radical (unpaired) electrons. The third kappa shape index (κ3) is 2.43. The Kier molecular flexibility index (Phi) is 2.92. The lowest BCUT2D eigenvalue weighted by molar-refractivity contribution is 0.589. The van der Waals surface area contributed by atoms with Crippen LogP contribution in [-0.2, 0) is 0 Å². The summed E-state index contributed by atoms with van der Waals surface area (Å²) in [7, 11) is 0. The van der Waals surface area contributed by atoms with Crippen LogP contribution in [0.3, 0.4) is 0 Å². The molecule has 3 aromatic rings. The van der Waals surface area contributed by atoms with Crippen molar-refractivity contribution in [1.82, 2.24) is 4.98 Å². The highest BCUT2D eigenvalue weighted by Crippen LogP contribution is 2.18. The van der Waals surface area contributed by atoms with E-state index in [-0.39, 0.29) is 0 Å². The van der Waals surface area contributed by atoms with Gasteiger partial charge in [-0.25, -0.2) is 4.98 Å². The fourth-order valence-electron chi connectivity index (χ4n) is 2.06. The highest BCUT2D eigenvalue weighted by atomic mass is 16.3. The Morgan fingerprint density at radius 3 is 2.68 bits per heavy atom. The molecule has 0 aliphatic heterocycles. The normalized spacial score (nSPS) is 11.5. The lowest BCUT2D eigenvalue weighted by Crippen LogP contribution is -1.81. The molecule has 0 N–H and O–H groups in total. The second kappa shape index (κ2) is 4.73. The van der Waals surface area contributed by atoms with Gasteiger partial charge in [-0.15, -0.1) is 0 Å². The zero-order valence-electron chi connectivity index (χ0n) is 11.1. The van der Waals surface area contributed by atoms with Crippen molar-refractivity contribution in [2.75, 3.05) is 0 Å². The number of hydrogen-bond acceptors (Lipinski definition) is 2. The standard InChI is InChI=1S/C17H15NO/c1-12-7-8-13(2)14(11-12)9-10-17-18-15-5-3-4-6-16(15)19-17/h3-11H,1-2H3. The molecular formula is C17H15NO. The van der Waals surface area contributed by atoms with Crippen LogP contribution in [0.2, 0.25) is 0 Å². The molecule has 1 aromatic heterocycles. The van der Waals surface area contributed by atoms with E-state index in [1.807, 2.05) is 36.4 Å². The maximum absolute atomic E-state index is 5.66. The van der Waals surface area contributed by atoms with Crippen LogP contribution in [0, 0.1) is 13.8 Å². The smallest absolute Gasteiger partial charge is 0.220 e. The summed E-state index contributed by atoms with van der Waals surface area (Å²) in [6.45, 7) is 4.20.